The molecule has 2 rings (SSSR count). The van der Waals surface area contributed by atoms with Crippen LogP contribution in [0.1, 0.15) is 13.3 Å². The summed E-state index contributed by atoms with van der Waals surface area (Å²) in [5.74, 6) is -0.403. The number of carboxylic acids is 1. The second-order valence-electron chi connectivity index (χ2n) is 3.87. The van der Waals surface area contributed by atoms with Crippen LogP contribution in [0, 0.1) is 0 Å². The monoisotopic (exact) mass is 266 g/mol. The second kappa shape index (κ2) is 6.10. The van der Waals surface area contributed by atoms with Crippen molar-refractivity contribution in [2.24, 2.45) is 0 Å². The van der Waals surface area contributed by atoms with Gasteiger partial charge in [-0.2, -0.15) is 0 Å². The molecule has 0 aromatic carbocycles. The zero-order chi connectivity index (χ0) is 13.7. The van der Waals surface area contributed by atoms with Gasteiger partial charge < -0.3 is 14.3 Å². The van der Waals surface area contributed by atoms with Crippen molar-refractivity contribution in [2.45, 2.75) is 26.0 Å². The van der Waals surface area contributed by atoms with Gasteiger partial charge in [-0.15, -0.1) is 5.10 Å². The van der Waals surface area contributed by atoms with E-state index in [1.165, 1.54) is 17.2 Å². The lowest BCUT2D eigenvalue weighted by Gasteiger charge is -2.15. The number of rotatable bonds is 7. The van der Waals surface area contributed by atoms with Gasteiger partial charge in [-0.1, -0.05) is 0 Å². The average molecular weight is 266 g/mol. The van der Waals surface area contributed by atoms with E-state index in [1.807, 2.05) is 6.92 Å². The first kappa shape index (κ1) is 13.2. The summed E-state index contributed by atoms with van der Waals surface area (Å²) in [6.45, 7) is 2.51. The Morgan fingerprint density at radius 3 is 3.11 bits per heavy atom. The van der Waals surface area contributed by atoms with Gasteiger partial charge in [0.2, 0.25) is 0 Å². The van der Waals surface area contributed by atoms with Gasteiger partial charge in [0.05, 0.1) is 30.9 Å². The fourth-order valence-corrected chi connectivity index (χ4v) is 1.73. The van der Waals surface area contributed by atoms with Crippen LogP contribution >= 0.6 is 0 Å². The van der Waals surface area contributed by atoms with E-state index >= 15 is 0 Å². The van der Waals surface area contributed by atoms with Crippen LogP contribution < -0.4 is 0 Å². The second-order valence-corrected chi connectivity index (χ2v) is 3.87. The molecular weight excluding hydrogens is 252 g/mol. The number of ether oxygens (including phenoxy) is 1. The van der Waals surface area contributed by atoms with Crippen molar-refractivity contribution in [3.8, 4) is 11.4 Å². The smallest absolute Gasteiger partial charge is 0.306 e. The van der Waals surface area contributed by atoms with E-state index in [0.717, 1.165) is 5.56 Å². The van der Waals surface area contributed by atoms with E-state index in [-0.39, 0.29) is 13.0 Å². The number of aliphatic carboxylic acids is 1. The highest BCUT2D eigenvalue weighted by Crippen LogP contribution is 2.16. The first-order valence-electron chi connectivity index (χ1n) is 5.82. The van der Waals surface area contributed by atoms with Crippen molar-refractivity contribution in [3.05, 3.63) is 18.6 Å². The third-order valence-electron chi connectivity index (χ3n) is 2.49. The summed E-state index contributed by atoms with van der Waals surface area (Å²) in [4.78, 5) is 10.8. The number of aromatic nitrogens is 4. The van der Waals surface area contributed by atoms with E-state index in [1.54, 1.807) is 6.07 Å². The lowest BCUT2D eigenvalue weighted by Crippen LogP contribution is -2.24. The molecule has 1 N–H and O–H groups in total. The van der Waals surface area contributed by atoms with Crippen molar-refractivity contribution in [1.82, 2.24) is 20.2 Å². The minimum atomic E-state index is -0.920. The summed E-state index contributed by atoms with van der Waals surface area (Å²) in [5, 5.41) is 20.2. The molecule has 8 nitrogen and oxygen atoms in total. The standard InChI is InChI=1S/C11H14N4O4/c1-2-19-9(5-10(16)17)6-15-11(12-13-14-15)8-3-4-18-7-8/h3-4,7,9H,2,5-6H2,1H3,(H,16,17). The van der Waals surface area contributed by atoms with E-state index < -0.39 is 12.1 Å². The first-order chi connectivity index (χ1) is 9.20. The first-order valence-corrected chi connectivity index (χ1v) is 5.82. The number of carboxylic acid groups (broad SMARTS) is 1. The van der Waals surface area contributed by atoms with Gasteiger partial charge in [0.15, 0.2) is 5.82 Å². The summed E-state index contributed by atoms with van der Waals surface area (Å²) in [7, 11) is 0. The van der Waals surface area contributed by atoms with Gasteiger partial charge in [0.1, 0.15) is 6.26 Å². The van der Waals surface area contributed by atoms with Crippen molar-refractivity contribution in [3.63, 3.8) is 0 Å². The van der Waals surface area contributed by atoms with Crippen LogP contribution in [0.2, 0.25) is 0 Å². The van der Waals surface area contributed by atoms with Crippen LogP contribution in [0.25, 0.3) is 11.4 Å². The minimum absolute atomic E-state index is 0.0987. The molecule has 2 heterocycles. The zero-order valence-electron chi connectivity index (χ0n) is 10.4. The Balaban J connectivity index is 2.13. The van der Waals surface area contributed by atoms with Crippen LogP contribution in [-0.2, 0) is 16.1 Å². The fraction of sp³-hybridized carbons (Fsp3) is 0.455. The highest BCUT2D eigenvalue weighted by atomic mass is 16.5. The number of hydrogen-bond donors (Lipinski definition) is 1. The predicted octanol–water partition coefficient (Wildman–Crippen LogP) is 0.813. The number of hydrogen-bond acceptors (Lipinski definition) is 6. The molecule has 0 aliphatic rings. The zero-order valence-corrected chi connectivity index (χ0v) is 10.4. The minimum Gasteiger partial charge on any atom is -0.481 e. The van der Waals surface area contributed by atoms with Crippen LogP contribution in [0.4, 0.5) is 0 Å². The lowest BCUT2D eigenvalue weighted by atomic mass is 10.2. The summed E-state index contributed by atoms with van der Waals surface area (Å²) in [6.07, 6.45) is 2.47. The highest BCUT2D eigenvalue weighted by molar-refractivity contribution is 5.67. The fourth-order valence-electron chi connectivity index (χ4n) is 1.73. The Hall–Kier alpha value is -2.22. The molecule has 0 saturated carbocycles. The quantitative estimate of drug-likeness (QED) is 0.790. The Labute approximate surface area is 109 Å². The topological polar surface area (TPSA) is 103 Å². The maximum absolute atomic E-state index is 10.8. The predicted molar refractivity (Wildman–Crippen MR) is 63.2 cm³/mol. The normalized spacial score (nSPS) is 12.5. The van der Waals surface area contributed by atoms with Crippen LogP contribution in [0.3, 0.4) is 0 Å². The van der Waals surface area contributed by atoms with E-state index in [2.05, 4.69) is 15.5 Å². The molecule has 2 aromatic rings. The van der Waals surface area contributed by atoms with E-state index in [0.29, 0.717) is 12.4 Å². The molecule has 0 aliphatic carbocycles. The lowest BCUT2D eigenvalue weighted by molar-refractivity contribution is -0.140. The van der Waals surface area contributed by atoms with Crippen LogP contribution in [-0.4, -0.2) is 44.0 Å². The van der Waals surface area contributed by atoms with Gasteiger partial charge in [0, 0.05) is 6.61 Å². The summed E-state index contributed by atoms with van der Waals surface area (Å²) < 4.78 is 11.9. The average Bonchev–Trinajstić information content (AvgIpc) is 2.97. The largest absolute Gasteiger partial charge is 0.481 e. The van der Waals surface area contributed by atoms with Crippen molar-refractivity contribution in [2.75, 3.05) is 6.61 Å². The Kier molecular flexibility index (Phi) is 4.24. The van der Waals surface area contributed by atoms with Crippen LogP contribution in [0.15, 0.2) is 23.0 Å². The molecule has 2 aromatic heterocycles. The molecule has 8 heteroatoms. The number of tetrazole rings is 1. The number of nitrogens with zero attached hydrogens (tertiary/aromatic N) is 4. The molecule has 0 spiro atoms. The summed E-state index contributed by atoms with van der Waals surface area (Å²) >= 11 is 0. The van der Waals surface area contributed by atoms with Gasteiger partial charge in [0.25, 0.3) is 0 Å². The molecule has 0 bridgehead atoms. The molecule has 1 atom stereocenters. The summed E-state index contributed by atoms with van der Waals surface area (Å²) in [6, 6.07) is 1.73. The maximum atomic E-state index is 10.8. The van der Waals surface area contributed by atoms with E-state index in [4.69, 9.17) is 14.3 Å². The molecule has 0 saturated heterocycles. The molecule has 102 valence electrons. The Morgan fingerprint density at radius 2 is 2.47 bits per heavy atom. The third-order valence-corrected chi connectivity index (χ3v) is 2.49. The summed E-state index contributed by atoms with van der Waals surface area (Å²) in [5.41, 5.74) is 0.732. The van der Waals surface area contributed by atoms with Crippen molar-refractivity contribution >= 4 is 5.97 Å². The third kappa shape index (κ3) is 3.38. The maximum Gasteiger partial charge on any atom is 0.306 e. The van der Waals surface area contributed by atoms with Gasteiger partial charge in [-0.05, 0) is 23.4 Å². The molecule has 0 fully saturated rings. The molecule has 19 heavy (non-hydrogen) atoms. The highest BCUT2D eigenvalue weighted by Gasteiger charge is 2.18. The van der Waals surface area contributed by atoms with Crippen LogP contribution in [0.5, 0.6) is 0 Å². The number of carbonyl (C=O) groups is 1. The molecule has 1 unspecified atom stereocenters. The van der Waals surface area contributed by atoms with E-state index in [9.17, 15) is 4.79 Å². The SMILES string of the molecule is CCOC(CC(=O)O)Cn1nnnc1-c1ccoc1. The Bertz CT molecular complexity index is 523. The molecule has 0 amide bonds. The van der Waals surface area contributed by atoms with Crippen molar-refractivity contribution < 1.29 is 19.1 Å². The molecule has 0 radical (unpaired) electrons. The Morgan fingerprint density at radius 1 is 1.63 bits per heavy atom. The van der Waals surface area contributed by atoms with Gasteiger partial charge in [-0.3, -0.25) is 4.79 Å². The molecule has 0 aliphatic heterocycles. The van der Waals surface area contributed by atoms with Gasteiger partial charge >= 0.3 is 5.97 Å². The number of furan rings is 1. The molecular formula is C11H14N4O4. The van der Waals surface area contributed by atoms with Crippen molar-refractivity contribution in [1.29, 1.82) is 0 Å². The van der Waals surface area contributed by atoms with Gasteiger partial charge in [-0.25, -0.2) is 4.68 Å².